The van der Waals surface area contributed by atoms with Crippen molar-refractivity contribution >= 4 is 26.7 Å². The van der Waals surface area contributed by atoms with E-state index in [0.717, 1.165) is 48.1 Å². The molecule has 0 bridgehead atoms. The van der Waals surface area contributed by atoms with Gasteiger partial charge in [-0.2, -0.15) is 0 Å². The smallest absolute Gasteiger partial charge is 0.261 e. The third-order valence-corrected chi connectivity index (χ3v) is 5.88. The van der Waals surface area contributed by atoms with Crippen LogP contribution in [0.15, 0.2) is 41.3 Å². The van der Waals surface area contributed by atoms with E-state index in [0.29, 0.717) is 10.6 Å². The number of rotatable bonds is 4. The molecule has 1 aliphatic rings. The van der Waals surface area contributed by atoms with Gasteiger partial charge in [0.05, 0.1) is 21.6 Å². The lowest BCUT2D eigenvalue weighted by molar-refractivity contribution is 0.601. The Labute approximate surface area is 141 Å². The van der Waals surface area contributed by atoms with Crippen LogP contribution in [0.2, 0.25) is 0 Å². The summed E-state index contributed by atoms with van der Waals surface area (Å²) in [4.78, 5) is 7.95. The highest BCUT2D eigenvalue weighted by molar-refractivity contribution is 7.92. The van der Waals surface area contributed by atoms with Gasteiger partial charge in [-0.3, -0.25) is 4.72 Å². The molecule has 5 nitrogen and oxygen atoms in total. The molecule has 24 heavy (non-hydrogen) atoms. The second-order valence-electron chi connectivity index (χ2n) is 6.16. The average Bonchev–Trinajstić information content (AvgIpc) is 3.19. The number of hydrogen-bond acceptors (Lipinski definition) is 3. The number of hydrogen-bond donors (Lipinski definition) is 2. The van der Waals surface area contributed by atoms with Gasteiger partial charge in [0.1, 0.15) is 5.82 Å². The molecular weight excluding hydrogens is 322 g/mol. The van der Waals surface area contributed by atoms with Gasteiger partial charge in [0.2, 0.25) is 0 Å². The lowest BCUT2D eigenvalue weighted by atomic mass is 10.1. The van der Waals surface area contributed by atoms with E-state index < -0.39 is 10.0 Å². The minimum Gasteiger partial charge on any atom is -0.342 e. The number of aromatic nitrogens is 2. The Kier molecular flexibility index (Phi) is 3.57. The third kappa shape index (κ3) is 2.67. The van der Waals surface area contributed by atoms with E-state index in [1.54, 1.807) is 24.3 Å². The molecule has 3 aromatic rings. The first kappa shape index (κ1) is 15.2. The zero-order valence-electron chi connectivity index (χ0n) is 13.5. The van der Waals surface area contributed by atoms with Crippen LogP contribution in [0.3, 0.4) is 0 Å². The van der Waals surface area contributed by atoms with Crippen molar-refractivity contribution in [2.75, 3.05) is 4.72 Å². The van der Waals surface area contributed by atoms with Gasteiger partial charge < -0.3 is 4.98 Å². The van der Waals surface area contributed by atoms with Crippen LogP contribution in [-0.2, 0) is 29.3 Å². The molecule has 0 unspecified atom stereocenters. The van der Waals surface area contributed by atoms with Crippen LogP contribution in [0.4, 0.5) is 5.69 Å². The van der Waals surface area contributed by atoms with E-state index in [1.807, 2.05) is 19.1 Å². The van der Waals surface area contributed by atoms with E-state index >= 15 is 0 Å². The second kappa shape index (κ2) is 5.63. The van der Waals surface area contributed by atoms with E-state index in [9.17, 15) is 8.42 Å². The maximum absolute atomic E-state index is 12.7. The molecule has 0 fully saturated rings. The fourth-order valence-corrected chi connectivity index (χ4v) is 4.32. The van der Waals surface area contributed by atoms with Crippen LogP contribution in [-0.4, -0.2) is 18.4 Å². The largest absolute Gasteiger partial charge is 0.342 e. The number of fused-ring (bicyclic) bond motifs is 2. The van der Waals surface area contributed by atoms with Crippen LogP contribution in [0.1, 0.15) is 30.3 Å². The molecule has 0 saturated heterocycles. The third-order valence-electron chi connectivity index (χ3n) is 4.50. The SMILES string of the molecule is CCc1nc2ccc(NS(=O)(=O)c3ccc4c(c3)CCC4)cc2[nH]1. The Hall–Kier alpha value is -2.34. The highest BCUT2D eigenvalue weighted by Gasteiger charge is 2.18. The molecule has 0 aliphatic heterocycles. The number of benzene rings is 2. The Morgan fingerprint density at radius 2 is 1.96 bits per heavy atom. The number of nitrogens with zero attached hydrogens (tertiary/aromatic N) is 1. The summed E-state index contributed by atoms with van der Waals surface area (Å²) in [6, 6.07) is 10.8. The lowest BCUT2D eigenvalue weighted by Gasteiger charge is -2.09. The first-order valence-electron chi connectivity index (χ1n) is 8.18. The van der Waals surface area contributed by atoms with Crippen molar-refractivity contribution in [3.05, 3.63) is 53.3 Å². The monoisotopic (exact) mass is 341 g/mol. The number of aromatic amines is 1. The van der Waals surface area contributed by atoms with Crippen LogP contribution < -0.4 is 4.72 Å². The first-order valence-corrected chi connectivity index (χ1v) is 9.67. The first-order chi connectivity index (χ1) is 11.5. The summed E-state index contributed by atoms with van der Waals surface area (Å²) in [6.07, 6.45) is 3.91. The molecule has 0 saturated carbocycles. The predicted octanol–water partition coefficient (Wildman–Crippen LogP) is 3.41. The van der Waals surface area contributed by atoms with Crippen molar-refractivity contribution in [2.24, 2.45) is 0 Å². The van der Waals surface area contributed by atoms with Crippen molar-refractivity contribution < 1.29 is 8.42 Å². The Balaban J connectivity index is 1.66. The summed E-state index contributed by atoms with van der Waals surface area (Å²) in [7, 11) is -3.59. The quantitative estimate of drug-likeness (QED) is 0.763. The summed E-state index contributed by atoms with van der Waals surface area (Å²) >= 11 is 0. The highest BCUT2D eigenvalue weighted by atomic mass is 32.2. The zero-order valence-corrected chi connectivity index (χ0v) is 14.3. The van der Waals surface area contributed by atoms with Gasteiger partial charge in [0.25, 0.3) is 10.0 Å². The Morgan fingerprint density at radius 1 is 1.12 bits per heavy atom. The van der Waals surface area contributed by atoms with Crippen LogP contribution in [0, 0.1) is 0 Å². The van der Waals surface area contributed by atoms with Gasteiger partial charge in [0.15, 0.2) is 0 Å². The summed E-state index contributed by atoms with van der Waals surface area (Å²) in [5.41, 5.74) is 4.62. The van der Waals surface area contributed by atoms with Gasteiger partial charge in [-0.1, -0.05) is 13.0 Å². The van der Waals surface area contributed by atoms with E-state index in [1.165, 1.54) is 5.56 Å². The summed E-state index contributed by atoms with van der Waals surface area (Å²) in [5, 5.41) is 0. The maximum atomic E-state index is 12.7. The van der Waals surface area contributed by atoms with Gasteiger partial charge in [0, 0.05) is 6.42 Å². The molecule has 2 N–H and O–H groups in total. The van der Waals surface area contributed by atoms with Crippen LogP contribution in [0.5, 0.6) is 0 Å². The molecule has 1 heterocycles. The van der Waals surface area contributed by atoms with Crippen LogP contribution >= 0.6 is 0 Å². The minimum absolute atomic E-state index is 0.321. The summed E-state index contributed by atoms with van der Waals surface area (Å²) in [6.45, 7) is 2.02. The van der Waals surface area contributed by atoms with Crippen LogP contribution in [0.25, 0.3) is 11.0 Å². The molecule has 0 atom stereocenters. The standard InChI is InChI=1S/C18H19N3O2S/c1-2-18-19-16-9-7-14(11-17(16)20-18)21-24(22,23)15-8-6-12-4-3-5-13(12)10-15/h6-11,21H,2-5H2,1H3,(H,19,20). The molecule has 1 aromatic heterocycles. The topological polar surface area (TPSA) is 74.8 Å². The van der Waals surface area contributed by atoms with Crippen molar-refractivity contribution in [3.63, 3.8) is 0 Å². The predicted molar refractivity (Wildman–Crippen MR) is 94.7 cm³/mol. The molecule has 0 radical (unpaired) electrons. The van der Waals surface area contributed by atoms with E-state index in [-0.39, 0.29) is 0 Å². The fraction of sp³-hybridized carbons (Fsp3) is 0.278. The van der Waals surface area contributed by atoms with Gasteiger partial charge in [-0.15, -0.1) is 0 Å². The maximum Gasteiger partial charge on any atom is 0.261 e. The van der Waals surface area contributed by atoms with Crippen molar-refractivity contribution in [1.82, 2.24) is 9.97 Å². The molecule has 2 aromatic carbocycles. The van der Waals surface area contributed by atoms with Gasteiger partial charge in [-0.05, 0) is 60.7 Å². The number of imidazole rings is 1. The minimum atomic E-state index is -3.59. The Bertz CT molecular complexity index is 1020. The molecule has 1 aliphatic carbocycles. The van der Waals surface area contributed by atoms with E-state index in [2.05, 4.69) is 14.7 Å². The zero-order chi connectivity index (χ0) is 16.7. The summed E-state index contributed by atoms with van der Waals surface area (Å²) < 4.78 is 28.0. The second-order valence-corrected chi connectivity index (χ2v) is 7.84. The molecule has 0 amide bonds. The van der Waals surface area contributed by atoms with E-state index in [4.69, 9.17) is 0 Å². The van der Waals surface area contributed by atoms with Crippen molar-refractivity contribution in [3.8, 4) is 0 Å². The van der Waals surface area contributed by atoms with Crippen molar-refractivity contribution in [1.29, 1.82) is 0 Å². The number of anilines is 1. The molecule has 0 spiro atoms. The normalized spacial score (nSPS) is 14.0. The number of aryl methyl sites for hydroxylation is 3. The number of nitrogens with one attached hydrogen (secondary N) is 2. The number of sulfonamides is 1. The van der Waals surface area contributed by atoms with Gasteiger partial charge in [-0.25, -0.2) is 13.4 Å². The molecular formula is C18H19N3O2S. The average molecular weight is 341 g/mol. The Morgan fingerprint density at radius 3 is 2.79 bits per heavy atom. The van der Waals surface area contributed by atoms with Crippen molar-refractivity contribution in [2.45, 2.75) is 37.5 Å². The highest BCUT2D eigenvalue weighted by Crippen LogP contribution is 2.26. The molecule has 4 rings (SSSR count). The number of H-pyrrole nitrogens is 1. The summed E-state index contributed by atoms with van der Waals surface area (Å²) in [5.74, 6) is 0.892. The molecule has 124 valence electrons. The molecule has 6 heteroatoms. The lowest BCUT2D eigenvalue weighted by Crippen LogP contribution is -2.13. The van der Waals surface area contributed by atoms with Gasteiger partial charge >= 0.3 is 0 Å². The fourth-order valence-electron chi connectivity index (χ4n) is 3.22.